The maximum absolute atomic E-state index is 10.8. The van der Waals surface area contributed by atoms with Crippen LogP contribution in [0.1, 0.15) is 24.0 Å². The van der Waals surface area contributed by atoms with Crippen molar-refractivity contribution in [2.45, 2.75) is 12.8 Å². The van der Waals surface area contributed by atoms with Crippen molar-refractivity contribution in [3.05, 3.63) is 67.8 Å². The van der Waals surface area contributed by atoms with Crippen LogP contribution in [0.3, 0.4) is 0 Å². The van der Waals surface area contributed by atoms with Crippen LogP contribution in [0.5, 0.6) is 11.5 Å². The molecular formula is C14H12N2O6. The number of rotatable bonds is 4. The van der Waals surface area contributed by atoms with E-state index in [0.29, 0.717) is 0 Å². The van der Waals surface area contributed by atoms with E-state index < -0.39 is 15.8 Å². The molecule has 0 atom stereocenters. The topological polar surface area (TPSA) is 127 Å². The van der Waals surface area contributed by atoms with Gasteiger partial charge in [-0.3, -0.25) is 20.2 Å². The minimum atomic E-state index is -0.667. The number of nitrogens with zero attached hydrogens (tertiary/aromatic N) is 2. The first kappa shape index (κ1) is 15.2. The number of phenolic OH excluding ortho intramolecular Hbond substituents is 2. The lowest BCUT2D eigenvalue weighted by Crippen LogP contribution is -2.00. The van der Waals surface area contributed by atoms with Crippen molar-refractivity contribution in [1.29, 1.82) is 0 Å². The monoisotopic (exact) mass is 304 g/mol. The number of hydrogen-bond donors (Lipinski definition) is 2. The standard InChI is InChI=1S/C14H12N2O6/c1-8(11-6-9(15(19)20)2-4-13(11)17)12-7-10(16(21)22)3-5-14(12)18/h2-8,17-18H,1H3. The van der Waals surface area contributed by atoms with Gasteiger partial charge in [0.15, 0.2) is 0 Å². The number of non-ortho nitro benzene ring substituents is 2. The Morgan fingerprint density at radius 1 is 0.864 bits per heavy atom. The molecule has 114 valence electrons. The summed E-state index contributed by atoms with van der Waals surface area (Å²) in [6.45, 7) is 1.58. The molecule has 2 rings (SSSR count). The van der Waals surface area contributed by atoms with Gasteiger partial charge in [0.2, 0.25) is 0 Å². The molecule has 0 saturated heterocycles. The van der Waals surface area contributed by atoms with Crippen LogP contribution in [0, 0.1) is 20.2 Å². The van der Waals surface area contributed by atoms with Gasteiger partial charge in [0.25, 0.3) is 11.4 Å². The summed E-state index contributed by atoms with van der Waals surface area (Å²) in [5.74, 6) is -1.05. The fourth-order valence-corrected chi connectivity index (χ4v) is 2.17. The second-order valence-electron chi connectivity index (χ2n) is 4.72. The van der Waals surface area contributed by atoms with Gasteiger partial charge in [-0.15, -0.1) is 0 Å². The van der Waals surface area contributed by atoms with Gasteiger partial charge in [0.05, 0.1) is 9.85 Å². The van der Waals surface area contributed by atoms with Crippen LogP contribution in [0.25, 0.3) is 0 Å². The molecule has 0 fully saturated rings. The molecule has 2 aromatic carbocycles. The fraction of sp³-hybridized carbons (Fsp3) is 0.143. The average Bonchev–Trinajstić information content (AvgIpc) is 2.47. The van der Waals surface area contributed by atoms with Crippen molar-refractivity contribution in [2.75, 3.05) is 0 Å². The highest BCUT2D eigenvalue weighted by Gasteiger charge is 2.21. The van der Waals surface area contributed by atoms with Gasteiger partial charge in [0.1, 0.15) is 11.5 Å². The van der Waals surface area contributed by atoms with Crippen molar-refractivity contribution in [2.24, 2.45) is 0 Å². The first-order chi connectivity index (χ1) is 10.3. The van der Waals surface area contributed by atoms with Crippen molar-refractivity contribution < 1.29 is 20.1 Å². The maximum Gasteiger partial charge on any atom is 0.269 e. The molecule has 22 heavy (non-hydrogen) atoms. The van der Waals surface area contributed by atoms with Gasteiger partial charge in [0, 0.05) is 41.3 Å². The van der Waals surface area contributed by atoms with Crippen LogP contribution in [-0.4, -0.2) is 20.1 Å². The molecule has 2 aromatic rings. The van der Waals surface area contributed by atoms with E-state index in [1.807, 2.05) is 0 Å². The number of nitro groups is 2. The Hall–Kier alpha value is -3.16. The van der Waals surface area contributed by atoms with E-state index in [1.54, 1.807) is 6.92 Å². The number of hydrogen-bond acceptors (Lipinski definition) is 6. The minimum absolute atomic E-state index is 0.191. The number of nitro benzene ring substituents is 2. The van der Waals surface area contributed by atoms with Gasteiger partial charge in [-0.25, -0.2) is 0 Å². The molecule has 8 nitrogen and oxygen atoms in total. The van der Waals surface area contributed by atoms with Crippen molar-refractivity contribution in [3.8, 4) is 11.5 Å². The smallest absolute Gasteiger partial charge is 0.269 e. The summed E-state index contributed by atoms with van der Waals surface area (Å²) in [6, 6.07) is 7.02. The number of aromatic hydroxyl groups is 2. The SMILES string of the molecule is CC(c1cc([N+](=O)[O-])ccc1O)c1cc([N+](=O)[O-])ccc1O. The van der Waals surface area contributed by atoms with E-state index in [0.717, 1.165) is 12.1 Å². The van der Waals surface area contributed by atoms with Gasteiger partial charge in [-0.2, -0.15) is 0 Å². The van der Waals surface area contributed by atoms with E-state index in [2.05, 4.69) is 0 Å². The summed E-state index contributed by atoms with van der Waals surface area (Å²) < 4.78 is 0. The average molecular weight is 304 g/mol. The largest absolute Gasteiger partial charge is 0.508 e. The highest BCUT2D eigenvalue weighted by Crippen LogP contribution is 2.38. The third kappa shape index (κ3) is 2.80. The Kier molecular flexibility index (Phi) is 3.93. The third-order valence-electron chi connectivity index (χ3n) is 3.38. The molecule has 0 radical (unpaired) electrons. The lowest BCUT2D eigenvalue weighted by molar-refractivity contribution is -0.385. The molecule has 0 heterocycles. The maximum atomic E-state index is 10.8. The third-order valence-corrected chi connectivity index (χ3v) is 3.38. The van der Waals surface area contributed by atoms with E-state index in [9.17, 15) is 30.4 Å². The Balaban J connectivity index is 2.54. The fourth-order valence-electron chi connectivity index (χ4n) is 2.17. The minimum Gasteiger partial charge on any atom is -0.508 e. The molecule has 0 aliphatic carbocycles. The quantitative estimate of drug-likeness (QED) is 0.660. The Morgan fingerprint density at radius 3 is 1.55 bits per heavy atom. The molecule has 0 spiro atoms. The lowest BCUT2D eigenvalue weighted by atomic mass is 9.91. The van der Waals surface area contributed by atoms with Crippen molar-refractivity contribution >= 4 is 11.4 Å². The van der Waals surface area contributed by atoms with E-state index in [4.69, 9.17) is 0 Å². The first-order valence-electron chi connectivity index (χ1n) is 6.26. The zero-order valence-electron chi connectivity index (χ0n) is 11.5. The molecule has 0 saturated carbocycles. The normalized spacial score (nSPS) is 10.6. The van der Waals surface area contributed by atoms with E-state index >= 15 is 0 Å². The summed E-state index contributed by atoms with van der Waals surface area (Å²) in [6.07, 6.45) is 0. The molecule has 0 bridgehead atoms. The number of benzene rings is 2. The van der Waals surface area contributed by atoms with Crippen LogP contribution in [-0.2, 0) is 0 Å². The van der Waals surface area contributed by atoms with Crippen LogP contribution in [0.15, 0.2) is 36.4 Å². The number of phenols is 2. The van der Waals surface area contributed by atoms with Crippen LogP contribution in [0.2, 0.25) is 0 Å². The molecule has 0 unspecified atom stereocenters. The zero-order valence-corrected chi connectivity index (χ0v) is 11.5. The van der Waals surface area contributed by atoms with Gasteiger partial charge < -0.3 is 10.2 Å². The molecule has 8 heteroatoms. The van der Waals surface area contributed by atoms with Gasteiger partial charge in [-0.05, 0) is 12.1 Å². The van der Waals surface area contributed by atoms with Gasteiger partial charge in [-0.1, -0.05) is 6.92 Å². The summed E-state index contributed by atoms with van der Waals surface area (Å²) >= 11 is 0. The molecule has 0 amide bonds. The zero-order chi connectivity index (χ0) is 16.4. The summed E-state index contributed by atoms with van der Waals surface area (Å²) in [4.78, 5) is 20.4. The molecule has 0 aromatic heterocycles. The predicted octanol–water partition coefficient (Wildman–Crippen LogP) is 3.07. The van der Waals surface area contributed by atoms with Crippen LogP contribution >= 0.6 is 0 Å². The highest BCUT2D eigenvalue weighted by atomic mass is 16.6. The van der Waals surface area contributed by atoms with E-state index in [1.165, 1.54) is 24.3 Å². The molecular weight excluding hydrogens is 292 g/mol. The highest BCUT2D eigenvalue weighted by molar-refractivity contribution is 5.52. The Morgan fingerprint density at radius 2 is 1.23 bits per heavy atom. The summed E-state index contributed by atoms with van der Waals surface area (Å²) in [7, 11) is 0. The van der Waals surface area contributed by atoms with E-state index in [-0.39, 0.29) is 34.0 Å². The Bertz CT molecular complexity index is 695. The second-order valence-corrected chi connectivity index (χ2v) is 4.72. The summed E-state index contributed by atoms with van der Waals surface area (Å²) in [5.41, 5.74) is -0.0378. The molecule has 0 aliphatic heterocycles. The molecule has 2 N–H and O–H groups in total. The lowest BCUT2D eigenvalue weighted by Gasteiger charge is -2.15. The van der Waals surface area contributed by atoms with Crippen molar-refractivity contribution in [1.82, 2.24) is 0 Å². The van der Waals surface area contributed by atoms with Gasteiger partial charge >= 0.3 is 0 Å². The van der Waals surface area contributed by atoms with Crippen LogP contribution < -0.4 is 0 Å². The summed E-state index contributed by atoms with van der Waals surface area (Å²) in [5, 5.41) is 41.4. The predicted molar refractivity (Wildman–Crippen MR) is 77.0 cm³/mol. The van der Waals surface area contributed by atoms with Crippen molar-refractivity contribution in [3.63, 3.8) is 0 Å². The second kappa shape index (κ2) is 5.68. The Labute approximate surface area is 124 Å². The van der Waals surface area contributed by atoms with Crippen LogP contribution in [0.4, 0.5) is 11.4 Å². The first-order valence-corrected chi connectivity index (χ1v) is 6.26. The molecule has 0 aliphatic rings.